The van der Waals surface area contributed by atoms with Gasteiger partial charge in [-0.05, 0) is 12.8 Å². The minimum atomic E-state index is -1.84. The number of unbranched alkanes of at least 4 members (excludes halogenated alkanes) is 2. The number of rotatable bonds is 9. The molecule has 0 unspecified atom stereocenters. The molecule has 0 aromatic heterocycles. The van der Waals surface area contributed by atoms with Crippen LogP contribution in [0.1, 0.15) is 39.5 Å². The average molecular weight is 260 g/mol. The molecule has 18 heavy (non-hydrogen) atoms. The Kier molecular flexibility index (Phi) is 8.32. The quantitative estimate of drug-likeness (QED) is 0.525. The minimum absolute atomic E-state index is 0.512. The molecule has 0 bridgehead atoms. The molecule has 0 fully saturated rings. The SMILES string of the molecule is CCCCN(CCCC)C(=O)[C@H](O)[C@@H](O)C(N)=O. The Morgan fingerprint density at radius 1 is 1.06 bits per heavy atom. The molecule has 0 aliphatic heterocycles. The molecule has 0 saturated carbocycles. The number of hydrogen-bond donors (Lipinski definition) is 3. The molecular formula is C12H24N2O4. The van der Waals surface area contributed by atoms with E-state index < -0.39 is 24.0 Å². The number of carbonyl (C=O) groups excluding carboxylic acids is 2. The van der Waals surface area contributed by atoms with Gasteiger partial charge in [0, 0.05) is 13.1 Å². The first-order valence-electron chi connectivity index (χ1n) is 6.39. The third-order valence-corrected chi connectivity index (χ3v) is 2.72. The second-order valence-corrected chi connectivity index (χ2v) is 4.32. The fourth-order valence-electron chi connectivity index (χ4n) is 1.51. The summed E-state index contributed by atoms with van der Waals surface area (Å²) in [4.78, 5) is 24.1. The first kappa shape index (κ1) is 16.9. The number of nitrogens with two attached hydrogens (primary N) is 1. The van der Waals surface area contributed by atoms with Gasteiger partial charge in [0.25, 0.3) is 5.91 Å². The van der Waals surface area contributed by atoms with E-state index >= 15 is 0 Å². The zero-order valence-electron chi connectivity index (χ0n) is 11.1. The van der Waals surface area contributed by atoms with Crippen molar-refractivity contribution in [1.29, 1.82) is 0 Å². The highest BCUT2D eigenvalue weighted by molar-refractivity contribution is 5.89. The summed E-state index contributed by atoms with van der Waals surface area (Å²) in [5.74, 6) is -1.73. The molecule has 0 saturated heterocycles. The summed E-state index contributed by atoms with van der Waals surface area (Å²) in [7, 11) is 0. The van der Waals surface area contributed by atoms with Gasteiger partial charge in [0.05, 0.1) is 0 Å². The zero-order chi connectivity index (χ0) is 14.1. The number of aliphatic hydroxyl groups excluding tert-OH is 2. The molecule has 6 heteroatoms. The molecule has 6 nitrogen and oxygen atoms in total. The summed E-state index contributed by atoms with van der Waals surface area (Å²) in [5.41, 5.74) is 4.86. The molecular weight excluding hydrogens is 236 g/mol. The summed E-state index contributed by atoms with van der Waals surface area (Å²) in [5, 5.41) is 18.9. The van der Waals surface area contributed by atoms with Crippen molar-refractivity contribution in [2.45, 2.75) is 51.7 Å². The molecule has 0 aliphatic carbocycles. The Bertz CT molecular complexity index is 263. The van der Waals surface area contributed by atoms with Crippen LogP contribution in [0, 0.1) is 0 Å². The van der Waals surface area contributed by atoms with Gasteiger partial charge in [-0.25, -0.2) is 0 Å². The fourth-order valence-corrected chi connectivity index (χ4v) is 1.51. The predicted octanol–water partition coefficient (Wildman–Crippen LogP) is -0.378. The number of primary amides is 1. The Morgan fingerprint density at radius 3 is 1.83 bits per heavy atom. The van der Waals surface area contributed by atoms with Gasteiger partial charge >= 0.3 is 0 Å². The molecule has 0 aromatic carbocycles. The highest BCUT2D eigenvalue weighted by atomic mass is 16.3. The largest absolute Gasteiger partial charge is 0.380 e. The first-order chi connectivity index (χ1) is 8.45. The van der Waals surface area contributed by atoms with Crippen LogP contribution in [0.3, 0.4) is 0 Å². The van der Waals surface area contributed by atoms with Crippen LogP contribution in [0.4, 0.5) is 0 Å². The third kappa shape index (κ3) is 5.46. The predicted molar refractivity (Wildman–Crippen MR) is 67.6 cm³/mol. The van der Waals surface area contributed by atoms with Gasteiger partial charge in [-0.2, -0.15) is 0 Å². The average Bonchev–Trinajstić information content (AvgIpc) is 2.36. The topological polar surface area (TPSA) is 104 Å². The van der Waals surface area contributed by atoms with Gasteiger partial charge in [-0.3, -0.25) is 9.59 Å². The van der Waals surface area contributed by atoms with E-state index in [0.29, 0.717) is 13.1 Å². The van der Waals surface area contributed by atoms with Crippen LogP contribution >= 0.6 is 0 Å². The molecule has 0 aromatic rings. The Balaban J connectivity index is 4.55. The van der Waals surface area contributed by atoms with Crippen LogP contribution in [0.5, 0.6) is 0 Å². The van der Waals surface area contributed by atoms with Gasteiger partial charge < -0.3 is 20.8 Å². The van der Waals surface area contributed by atoms with Gasteiger partial charge in [-0.15, -0.1) is 0 Å². The van der Waals surface area contributed by atoms with Crippen molar-refractivity contribution >= 4 is 11.8 Å². The number of aliphatic hydroxyl groups is 2. The van der Waals surface area contributed by atoms with Crippen molar-refractivity contribution in [3.8, 4) is 0 Å². The zero-order valence-corrected chi connectivity index (χ0v) is 11.1. The maximum atomic E-state index is 11.9. The third-order valence-electron chi connectivity index (χ3n) is 2.72. The summed E-state index contributed by atoms with van der Waals surface area (Å²) < 4.78 is 0. The van der Waals surface area contributed by atoms with E-state index in [1.165, 1.54) is 4.90 Å². The van der Waals surface area contributed by atoms with Crippen molar-refractivity contribution in [2.75, 3.05) is 13.1 Å². The monoisotopic (exact) mass is 260 g/mol. The van der Waals surface area contributed by atoms with Crippen LogP contribution in [0.2, 0.25) is 0 Å². The fraction of sp³-hybridized carbons (Fsp3) is 0.833. The Morgan fingerprint density at radius 2 is 1.50 bits per heavy atom. The Labute approximate surface area is 108 Å². The molecule has 0 spiro atoms. The first-order valence-corrected chi connectivity index (χ1v) is 6.39. The van der Waals surface area contributed by atoms with E-state index in [1.54, 1.807) is 0 Å². The number of hydrogen-bond acceptors (Lipinski definition) is 4. The lowest BCUT2D eigenvalue weighted by Crippen LogP contribution is -2.50. The van der Waals surface area contributed by atoms with Crippen LogP contribution in [0.25, 0.3) is 0 Å². The van der Waals surface area contributed by atoms with Crippen molar-refractivity contribution in [2.24, 2.45) is 5.73 Å². The summed E-state index contributed by atoms with van der Waals surface area (Å²) in [6, 6.07) is 0. The van der Waals surface area contributed by atoms with Gasteiger partial charge in [0.15, 0.2) is 12.2 Å². The van der Waals surface area contributed by atoms with E-state index in [2.05, 4.69) is 0 Å². The van der Waals surface area contributed by atoms with Crippen LogP contribution in [-0.4, -0.2) is 52.2 Å². The lowest BCUT2D eigenvalue weighted by molar-refractivity contribution is -0.152. The van der Waals surface area contributed by atoms with Gasteiger partial charge in [0.2, 0.25) is 5.91 Å². The molecule has 4 N–H and O–H groups in total. The highest BCUT2D eigenvalue weighted by Crippen LogP contribution is 2.05. The molecule has 0 radical (unpaired) electrons. The molecule has 2 amide bonds. The van der Waals surface area contributed by atoms with Crippen molar-refractivity contribution in [3.05, 3.63) is 0 Å². The van der Waals surface area contributed by atoms with Crippen molar-refractivity contribution in [1.82, 2.24) is 4.90 Å². The summed E-state index contributed by atoms with van der Waals surface area (Å²) in [6.07, 6.45) is -0.141. The molecule has 0 heterocycles. The number of carbonyl (C=O) groups is 2. The standard InChI is InChI=1S/C12H24N2O4/c1-3-5-7-14(8-6-4-2)12(18)10(16)9(15)11(13)17/h9-10,15-16H,3-8H2,1-2H3,(H2,13,17)/t9-,10-/m1/s1. The van der Waals surface area contributed by atoms with E-state index in [9.17, 15) is 19.8 Å². The molecule has 106 valence electrons. The summed E-state index contributed by atoms with van der Waals surface area (Å²) in [6.45, 7) is 5.02. The van der Waals surface area contributed by atoms with Crippen molar-refractivity contribution in [3.63, 3.8) is 0 Å². The molecule has 2 atom stereocenters. The normalized spacial score (nSPS) is 14.0. The lowest BCUT2D eigenvalue weighted by Gasteiger charge is -2.26. The molecule has 0 rings (SSSR count). The van der Waals surface area contributed by atoms with E-state index in [4.69, 9.17) is 5.73 Å². The van der Waals surface area contributed by atoms with E-state index in [-0.39, 0.29) is 0 Å². The number of amides is 2. The molecule has 0 aliphatic rings. The van der Waals surface area contributed by atoms with E-state index in [0.717, 1.165) is 25.7 Å². The minimum Gasteiger partial charge on any atom is -0.380 e. The van der Waals surface area contributed by atoms with Crippen LogP contribution < -0.4 is 5.73 Å². The second-order valence-electron chi connectivity index (χ2n) is 4.32. The maximum Gasteiger partial charge on any atom is 0.254 e. The van der Waals surface area contributed by atoms with Crippen LogP contribution in [-0.2, 0) is 9.59 Å². The van der Waals surface area contributed by atoms with E-state index in [1.807, 2.05) is 13.8 Å². The van der Waals surface area contributed by atoms with Gasteiger partial charge in [0.1, 0.15) is 0 Å². The smallest absolute Gasteiger partial charge is 0.254 e. The number of nitrogens with zero attached hydrogens (tertiary/aromatic N) is 1. The Hall–Kier alpha value is -1.14. The van der Waals surface area contributed by atoms with Gasteiger partial charge in [-0.1, -0.05) is 26.7 Å². The maximum absolute atomic E-state index is 11.9. The van der Waals surface area contributed by atoms with Crippen molar-refractivity contribution < 1.29 is 19.8 Å². The summed E-state index contributed by atoms with van der Waals surface area (Å²) >= 11 is 0. The van der Waals surface area contributed by atoms with Crippen LogP contribution in [0.15, 0.2) is 0 Å². The second kappa shape index (κ2) is 8.88. The highest BCUT2D eigenvalue weighted by Gasteiger charge is 2.31. The lowest BCUT2D eigenvalue weighted by atomic mass is 10.1.